The van der Waals surface area contributed by atoms with E-state index in [2.05, 4.69) is 10.1 Å². The van der Waals surface area contributed by atoms with E-state index in [0.29, 0.717) is 6.54 Å². The van der Waals surface area contributed by atoms with Crippen molar-refractivity contribution in [1.29, 1.82) is 0 Å². The van der Waals surface area contributed by atoms with Crippen molar-refractivity contribution in [2.24, 2.45) is 7.05 Å². The Kier molecular flexibility index (Phi) is 4.52. The smallest absolute Gasteiger partial charge is 0.276 e. The summed E-state index contributed by atoms with van der Waals surface area (Å²) in [5.74, 6) is 0.885. The molecule has 1 aromatic carbocycles. The SMILES string of the molecule is Cc1noc(C)c1[C@H]1CCCN1Cc1c(C)n(C)n(-c2ccccc2)c1=O. The predicted molar refractivity (Wildman–Crippen MR) is 104 cm³/mol. The molecule has 1 fully saturated rings. The highest BCUT2D eigenvalue weighted by Gasteiger charge is 2.32. The molecule has 0 aliphatic carbocycles. The fraction of sp³-hybridized carbons (Fsp3) is 0.429. The highest BCUT2D eigenvalue weighted by atomic mass is 16.5. The molecule has 0 N–H and O–H groups in total. The fourth-order valence-corrected chi connectivity index (χ4v) is 4.32. The van der Waals surface area contributed by atoms with Crippen LogP contribution < -0.4 is 5.56 Å². The zero-order chi connectivity index (χ0) is 19.1. The standard InChI is InChI=1S/C21H26N4O2/c1-14-20(16(3)27-22-14)19-11-8-12-24(19)13-18-15(2)23(4)25(21(18)26)17-9-6-5-7-10-17/h5-7,9-10,19H,8,11-13H2,1-4H3/t19-/m1/s1. The van der Waals surface area contributed by atoms with Gasteiger partial charge in [0.1, 0.15) is 5.76 Å². The van der Waals surface area contributed by atoms with E-state index in [1.807, 2.05) is 62.8 Å². The summed E-state index contributed by atoms with van der Waals surface area (Å²) < 4.78 is 9.10. The first-order chi connectivity index (χ1) is 13.0. The van der Waals surface area contributed by atoms with Crippen LogP contribution in [0.4, 0.5) is 0 Å². The van der Waals surface area contributed by atoms with E-state index in [1.165, 1.54) is 5.56 Å². The maximum absolute atomic E-state index is 13.2. The van der Waals surface area contributed by atoms with Gasteiger partial charge >= 0.3 is 0 Å². The van der Waals surface area contributed by atoms with Crippen molar-refractivity contribution < 1.29 is 4.52 Å². The van der Waals surface area contributed by atoms with E-state index in [4.69, 9.17) is 4.52 Å². The lowest BCUT2D eigenvalue weighted by molar-refractivity contribution is 0.244. The van der Waals surface area contributed by atoms with Crippen LogP contribution in [0.5, 0.6) is 0 Å². The molecule has 3 heterocycles. The minimum atomic E-state index is 0.0608. The van der Waals surface area contributed by atoms with Crippen LogP contribution in [0.2, 0.25) is 0 Å². The molecule has 1 saturated heterocycles. The topological polar surface area (TPSA) is 56.2 Å². The Labute approximate surface area is 159 Å². The number of para-hydroxylation sites is 1. The first-order valence-electron chi connectivity index (χ1n) is 9.48. The Morgan fingerprint density at radius 2 is 1.93 bits per heavy atom. The highest BCUT2D eigenvalue weighted by molar-refractivity contribution is 5.34. The maximum Gasteiger partial charge on any atom is 0.276 e. The van der Waals surface area contributed by atoms with E-state index in [1.54, 1.807) is 4.68 Å². The molecule has 3 aromatic rings. The molecule has 0 saturated carbocycles. The number of rotatable bonds is 4. The van der Waals surface area contributed by atoms with E-state index in [9.17, 15) is 4.79 Å². The summed E-state index contributed by atoms with van der Waals surface area (Å²) in [6.45, 7) is 7.62. The molecule has 2 aromatic heterocycles. The molecule has 0 unspecified atom stereocenters. The van der Waals surface area contributed by atoms with Crippen molar-refractivity contribution in [2.75, 3.05) is 6.54 Å². The maximum atomic E-state index is 13.2. The number of benzene rings is 1. The van der Waals surface area contributed by atoms with Gasteiger partial charge in [0.05, 0.1) is 16.9 Å². The van der Waals surface area contributed by atoms with Crippen LogP contribution in [0, 0.1) is 20.8 Å². The molecule has 1 aliphatic heterocycles. The van der Waals surface area contributed by atoms with E-state index < -0.39 is 0 Å². The molecule has 27 heavy (non-hydrogen) atoms. The van der Waals surface area contributed by atoms with Crippen molar-refractivity contribution >= 4 is 0 Å². The number of aromatic nitrogens is 3. The monoisotopic (exact) mass is 366 g/mol. The van der Waals surface area contributed by atoms with Crippen molar-refractivity contribution in [1.82, 2.24) is 19.4 Å². The molecule has 4 rings (SSSR count). The van der Waals surface area contributed by atoms with Crippen molar-refractivity contribution in [2.45, 2.75) is 46.2 Å². The van der Waals surface area contributed by atoms with Crippen molar-refractivity contribution in [3.8, 4) is 5.69 Å². The number of hydrogen-bond donors (Lipinski definition) is 0. The molecule has 1 atom stereocenters. The Morgan fingerprint density at radius 1 is 1.19 bits per heavy atom. The first kappa shape index (κ1) is 17.8. The number of likely N-dealkylation sites (tertiary alicyclic amines) is 1. The van der Waals surface area contributed by atoms with Gasteiger partial charge in [0.25, 0.3) is 5.56 Å². The van der Waals surface area contributed by atoms with Gasteiger partial charge in [-0.1, -0.05) is 23.4 Å². The lowest BCUT2D eigenvalue weighted by atomic mass is 10.0. The van der Waals surface area contributed by atoms with Gasteiger partial charge in [0.2, 0.25) is 0 Å². The van der Waals surface area contributed by atoms with Crippen LogP contribution in [0.1, 0.15) is 47.2 Å². The minimum absolute atomic E-state index is 0.0608. The molecule has 142 valence electrons. The number of hydrogen-bond acceptors (Lipinski definition) is 4. The van der Waals surface area contributed by atoms with Crippen LogP contribution in [0.15, 0.2) is 39.6 Å². The van der Waals surface area contributed by atoms with Gasteiger partial charge < -0.3 is 4.52 Å². The lowest BCUT2D eigenvalue weighted by Crippen LogP contribution is -2.28. The summed E-state index contributed by atoms with van der Waals surface area (Å²) in [5, 5.41) is 4.12. The fourth-order valence-electron chi connectivity index (χ4n) is 4.32. The normalized spacial score (nSPS) is 17.7. The molecule has 0 radical (unpaired) electrons. The summed E-state index contributed by atoms with van der Waals surface area (Å²) in [7, 11) is 1.95. The molecule has 0 bridgehead atoms. The third-order valence-electron chi connectivity index (χ3n) is 5.82. The van der Waals surface area contributed by atoms with Gasteiger partial charge in [-0.3, -0.25) is 14.4 Å². The average Bonchev–Trinajstić information content (AvgIpc) is 3.30. The molecule has 0 spiro atoms. The van der Waals surface area contributed by atoms with E-state index in [0.717, 1.165) is 47.8 Å². The van der Waals surface area contributed by atoms with Crippen LogP contribution in [0.3, 0.4) is 0 Å². The molecule has 6 heteroatoms. The Bertz CT molecular complexity index is 993. The molecular weight excluding hydrogens is 340 g/mol. The third-order valence-corrected chi connectivity index (χ3v) is 5.82. The average molecular weight is 366 g/mol. The van der Waals surface area contributed by atoms with Crippen LogP contribution in [-0.2, 0) is 13.6 Å². The van der Waals surface area contributed by atoms with E-state index in [-0.39, 0.29) is 11.6 Å². The third kappa shape index (κ3) is 2.94. The van der Waals surface area contributed by atoms with Crippen molar-refractivity contribution in [3.63, 3.8) is 0 Å². The Morgan fingerprint density at radius 3 is 2.59 bits per heavy atom. The number of nitrogens with zero attached hydrogens (tertiary/aromatic N) is 4. The molecule has 1 aliphatic rings. The van der Waals surface area contributed by atoms with Crippen molar-refractivity contribution in [3.05, 3.63) is 69.0 Å². The summed E-state index contributed by atoms with van der Waals surface area (Å²) >= 11 is 0. The Hall–Kier alpha value is -2.60. The second-order valence-electron chi connectivity index (χ2n) is 7.41. The largest absolute Gasteiger partial charge is 0.361 e. The highest BCUT2D eigenvalue weighted by Crippen LogP contribution is 2.36. The van der Waals surface area contributed by atoms with Gasteiger partial charge in [-0.25, -0.2) is 4.68 Å². The molecular formula is C21H26N4O2. The molecule has 6 nitrogen and oxygen atoms in total. The quantitative estimate of drug-likeness (QED) is 0.710. The summed E-state index contributed by atoms with van der Waals surface area (Å²) in [6, 6.07) is 10.1. The zero-order valence-corrected chi connectivity index (χ0v) is 16.4. The van der Waals surface area contributed by atoms with Gasteiger partial charge in [0.15, 0.2) is 0 Å². The Balaban J connectivity index is 1.70. The van der Waals surface area contributed by atoms with Gasteiger partial charge in [-0.2, -0.15) is 0 Å². The van der Waals surface area contributed by atoms with Gasteiger partial charge in [0, 0.05) is 30.9 Å². The zero-order valence-electron chi connectivity index (χ0n) is 16.4. The molecule has 0 amide bonds. The predicted octanol–water partition coefficient (Wildman–Crippen LogP) is 3.43. The minimum Gasteiger partial charge on any atom is -0.361 e. The number of aryl methyl sites for hydroxylation is 2. The summed E-state index contributed by atoms with van der Waals surface area (Å²) in [6.07, 6.45) is 2.19. The van der Waals surface area contributed by atoms with Gasteiger partial charge in [-0.05, 0) is 52.3 Å². The second-order valence-corrected chi connectivity index (χ2v) is 7.41. The van der Waals surface area contributed by atoms with Crippen LogP contribution >= 0.6 is 0 Å². The summed E-state index contributed by atoms with van der Waals surface area (Å²) in [5.41, 5.74) is 4.96. The van der Waals surface area contributed by atoms with E-state index >= 15 is 0 Å². The van der Waals surface area contributed by atoms with Crippen LogP contribution in [0.25, 0.3) is 5.69 Å². The van der Waals surface area contributed by atoms with Crippen LogP contribution in [-0.4, -0.2) is 26.0 Å². The lowest BCUT2D eigenvalue weighted by Gasteiger charge is -2.24. The first-order valence-corrected chi connectivity index (χ1v) is 9.48. The second kappa shape index (κ2) is 6.85. The summed E-state index contributed by atoms with van der Waals surface area (Å²) in [4.78, 5) is 15.6. The van der Waals surface area contributed by atoms with Gasteiger partial charge in [-0.15, -0.1) is 0 Å².